The number of rotatable bonds is 5. The number of carboxylic acids is 1. The maximum atomic E-state index is 12.3. The number of para-hydroxylation sites is 1. The molecule has 1 saturated heterocycles. The van der Waals surface area contributed by atoms with E-state index >= 15 is 0 Å². The number of aliphatic carboxylic acids is 1. The van der Waals surface area contributed by atoms with Gasteiger partial charge in [0.2, 0.25) is 0 Å². The van der Waals surface area contributed by atoms with E-state index < -0.39 is 24.7 Å². The molecule has 1 aliphatic rings. The van der Waals surface area contributed by atoms with E-state index in [1.807, 2.05) is 0 Å². The molecule has 2 amide bonds. The van der Waals surface area contributed by atoms with Crippen molar-refractivity contribution >= 4 is 12.0 Å². The molecule has 0 atom stereocenters. The number of benzene rings is 1. The zero-order valence-electron chi connectivity index (χ0n) is 13.4. The summed E-state index contributed by atoms with van der Waals surface area (Å²) < 4.78 is 41.6. The Hall–Kier alpha value is -2.45. The summed E-state index contributed by atoms with van der Waals surface area (Å²) in [5.74, 6) is -1.25. The van der Waals surface area contributed by atoms with Crippen molar-refractivity contribution in [2.24, 2.45) is 5.92 Å². The molecule has 1 aliphatic heterocycles. The lowest BCUT2D eigenvalue weighted by atomic mass is 9.97. The summed E-state index contributed by atoms with van der Waals surface area (Å²) in [5.41, 5.74) is 0.431. The normalized spacial score (nSPS) is 15.7. The highest BCUT2D eigenvalue weighted by Gasteiger charge is 2.29. The molecule has 1 fully saturated rings. The van der Waals surface area contributed by atoms with Crippen LogP contribution < -0.4 is 10.1 Å². The van der Waals surface area contributed by atoms with E-state index in [1.54, 1.807) is 18.2 Å². The number of nitrogens with one attached hydrogen (secondary N) is 1. The lowest BCUT2D eigenvalue weighted by Gasteiger charge is -2.30. The summed E-state index contributed by atoms with van der Waals surface area (Å²) in [6, 6.07) is 5.79. The van der Waals surface area contributed by atoms with Gasteiger partial charge in [0.15, 0.2) is 6.61 Å². The molecule has 0 unspecified atom stereocenters. The topological polar surface area (TPSA) is 78.9 Å². The number of ether oxygens (including phenoxy) is 1. The highest BCUT2D eigenvalue weighted by atomic mass is 19.4. The smallest absolute Gasteiger partial charge is 0.422 e. The predicted molar refractivity (Wildman–Crippen MR) is 82.2 cm³/mol. The number of urea groups is 1. The first kappa shape index (κ1) is 18.9. The van der Waals surface area contributed by atoms with E-state index in [4.69, 9.17) is 9.84 Å². The molecule has 0 aromatic heterocycles. The number of piperidine rings is 1. The summed E-state index contributed by atoms with van der Waals surface area (Å²) >= 11 is 0. The van der Waals surface area contributed by atoms with Gasteiger partial charge in [-0.05, 0) is 18.9 Å². The molecule has 2 rings (SSSR count). The Bertz CT molecular complexity index is 614. The first-order valence-electron chi connectivity index (χ1n) is 7.79. The van der Waals surface area contributed by atoms with Gasteiger partial charge in [-0.3, -0.25) is 4.79 Å². The minimum Gasteiger partial charge on any atom is -0.484 e. The summed E-state index contributed by atoms with van der Waals surface area (Å²) in [6.45, 7) is -0.726. The number of nitrogens with zero attached hydrogens (tertiary/aromatic N) is 1. The van der Waals surface area contributed by atoms with Gasteiger partial charge in [0, 0.05) is 25.2 Å². The number of carbonyl (C=O) groups is 2. The average Bonchev–Trinajstić information content (AvgIpc) is 2.58. The molecule has 0 bridgehead atoms. The standard InChI is InChI=1S/C16H19F3N2O4/c17-16(18,19)10-25-13-4-2-1-3-12(13)9-20-15(24)21-7-5-11(6-8-21)14(22)23/h1-4,11H,5-10H2,(H,20,24)(H,22,23). The number of amides is 2. The lowest BCUT2D eigenvalue weighted by Crippen LogP contribution is -2.45. The molecule has 1 aromatic carbocycles. The fourth-order valence-corrected chi connectivity index (χ4v) is 2.56. The second-order valence-electron chi connectivity index (χ2n) is 5.77. The molecule has 0 aliphatic carbocycles. The van der Waals surface area contributed by atoms with Gasteiger partial charge in [0.1, 0.15) is 5.75 Å². The van der Waals surface area contributed by atoms with E-state index in [1.165, 1.54) is 11.0 Å². The summed E-state index contributed by atoms with van der Waals surface area (Å²) in [5, 5.41) is 11.6. The summed E-state index contributed by atoms with van der Waals surface area (Å²) in [7, 11) is 0. The Morgan fingerprint density at radius 3 is 2.48 bits per heavy atom. The van der Waals surface area contributed by atoms with E-state index in [9.17, 15) is 22.8 Å². The molecule has 138 valence electrons. The van der Waals surface area contributed by atoms with Gasteiger partial charge in [0.25, 0.3) is 0 Å². The fraction of sp³-hybridized carbons (Fsp3) is 0.500. The molecular formula is C16H19F3N2O4. The number of hydrogen-bond donors (Lipinski definition) is 2. The van der Waals surface area contributed by atoms with Gasteiger partial charge >= 0.3 is 18.2 Å². The van der Waals surface area contributed by atoms with E-state index in [0.29, 0.717) is 31.5 Å². The van der Waals surface area contributed by atoms with Crippen LogP contribution in [0.3, 0.4) is 0 Å². The molecule has 1 aromatic rings. The van der Waals surface area contributed by atoms with Gasteiger partial charge in [0.05, 0.1) is 5.92 Å². The van der Waals surface area contributed by atoms with Crippen LogP contribution in [0.2, 0.25) is 0 Å². The first-order valence-corrected chi connectivity index (χ1v) is 7.79. The highest BCUT2D eigenvalue weighted by Crippen LogP contribution is 2.22. The third kappa shape index (κ3) is 5.84. The predicted octanol–water partition coefficient (Wildman–Crippen LogP) is 2.63. The summed E-state index contributed by atoms with van der Waals surface area (Å²) in [6.07, 6.45) is -3.67. The molecule has 2 N–H and O–H groups in total. The summed E-state index contributed by atoms with van der Waals surface area (Å²) in [4.78, 5) is 24.5. The van der Waals surface area contributed by atoms with E-state index in [0.717, 1.165) is 0 Å². The van der Waals surface area contributed by atoms with Crippen molar-refractivity contribution in [3.63, 3.8) is 0 Å². The van der Waals surface area contributed by atoms with Crippen LogP contribution in [0.25, 0.3) is 0 Å². The maximum Gasteiger partial charge on any atom is 0.422 e. The largest absolute Gasteiger partial charge is 0.484 e. The van der Waals surface area contributed by atoms with E-state index in [-0.39, 0.29) is 18.3 Å². The van der Waals surface area contributed by atoms with Crippen LogP contribution >= 0.6 is 0 Å². The Labute approximate surface area is 142 Å². The molecule has 0 spiro atoms. The monoisotopic (exact) mass is 360 g/mol. The number of likely N-dealkylation sites (tertiary alicyclic amines) is 1. The van der Waals surface area contributed by atoms with Gasteiger partial charge < -0.3 is 20.1 Å². The third-order valence-electron chi connectivity index (χ3n) is 3.93. The zero-order valence-corrected chi connectivity index (χ0v) is 13.4. The number of halogens is 3. The van der Waals surface area contributed by atoms with Crippen LogP contribution in [0.4, 0.5) is 18.0 Å². The van der Waals surface area contributed by atoms with Crippen molar-refractivity contribution < 1.29 is 32.6 Å². The Morgan fingerprint density at radius 2 is 1.88 bits per heavy atom. The van der Waals surface area contributed by atoms with Crippen molar-refractivity contribution in [1.82, 2.24) is 10.2 Å². The van der Waals surface area contributed by atoms with Gasteiger partial charge in [-0.25, -0.2) is 4.79 Å². The molecule has 25 heavy (non-hydrogen) atoms. The molecule has 9 heteroatoms. The molecule has 0 saturated carbocycles. The van der Waals surface area contributed by atoms with Crippen LogP contribution in [-0.4, -0.2) is 47.9 Å². The van der Waals surface area contributed by atoms with Gasteiger partial charge in [-0.2, -0.15) is 13.2 Å². The van der Waals surface area contributed by atoms with Crippen LogP contribution in [-0.2, 0) is 11.3 Å². The van der Waals surface area contributed by atoms with Crippen LogP contribution in [0, 0.1) is 5.92 Å². The van der Waals surface area contributed by atoms with Crippen molar-refractivity contribution in [1.29, 1.82) is 0 Å². The third-order valence-corrected chi connectivity index (χ3v) is 3.93. The molecule has 0 radical (unpaired) electrons. The molecule has 6 nitrogen and oxygen atoms in total. The fourth-order valence-electron chi connectivity index (χ4n) is 2.56. The van der Waals surface area contributed by atoms with Crippen LogP contribution in [0.5, 0.6) is 5.75 Å². The van der Waals surface area contributed by atoms with Crippen molar-refractivity contribution in [2.75, 3.05) is 19.7 Å². The van der Waals surface area contributed by atoms with Crippen molar-refractivity contribution in [3.8, 4) is 5.75 Å². The minimum atomic E-state index is -4.44. The van der Waals surface area contributed by atoms with Gasteiger partial charge in [-0.1, -0.05) is 18.2 Å². The Kier molecular flexibility index (Phi) is 6.11. The van der Waals surface area contributed by atoms with Crippen molar-refractivity contribution in [3.05, 3.63) is 29.8 Å². The minimum absolute atomic E-state index is 0.0196. The Morgan fingerprint density at radius 1 is 1.24 bits per heavy atom. The van der Waals surface area contributed by atoms with Crippen molar-refractivity contribution in [2.45, 2.75) is 25.6 Å². The number of alkyl halides is 3. The second kappa shape index (κ2) is 8.09. The maximum absolute atomic E-state index is 12.3. The molecule has 1 heterocycles. The first-order chi connectivity index (χ1) is 11.8. The van der Waals surface area contributed by atoms with E-state index in [2.05, 4.69) is 5.32 Å². The number of carboxylic acid groups (broad SMARTS) is 1. The quantitative estimate of drug-likeness (QED) is 0.846. The van der Waals surface area contributed by atoms with Crippen LogP contribution in [0.1, 0.15) is 18.4 Å². The zero-order chi connectivity index (χ0) is 18.4. The van der Waals surface area contributed by atoms with Gasteiger partial charge in [-0.15, -0.1) is 0 Å². The second-order valence-corrected chi connectivity index (χ2v) is 5.77. The SMILES string of the molecule is O=C(O)C1CCN(C(=O)NCc2ccccc2OCC(F)(F)F)CC1. The number of hydrogen-bond acceptors (Lipinski definition) is 3. The molecular weight excluding hydrogens is 341 g/mol. The highest BCUT2D eigenvalue weighted by molar-refractivity contribution is 5.75. The number of carbonyl (C=O) groups excluding carboxylic acids is 1. The Balaban J connectivity index is 1.87. The lowest BCUT2D eigenvalue weighted by molar-refractivity contribution is -0.153. The average molecular weight is 360 g/mol. The van der Waals surface area contributed by atoms with Crippen LogP contribution in [0.15, 0.2) is 24.3 Å².